The normalized spacial score (nSPS) is 16.4. The van der Waals surface area contributed by atoms with Crippen molar-refractivity contribution < 1.29 is 4.74 Å². The molecule has 0 fully saturated rings. The summed E-state index contributed by atoms with van der Waals surface area (Å²) in [6.45, 7) is 4.64. The van der Waals surface area contributed by atoms with Gasteiger partial charge >= 0.3 is 0 Å². The van der Waals surface area contributed by atoms with Crippen molar-refractivity contribution >= 4 is 17.4 Å². The second kappa shape index (κ2) is 5.90. The Morgan fingerprint density at radius 1 is 1.33 bits per heavy atom. The lowest BCUT2D eigenvalue weighted by Gasteiger charge is -2.16. The summed E-state index contributed by atoms with van der Waals surface area (Å²) in [4.78, 5) is 8.92. The number of hydrogen-bond acceptors (Lipinski definition) is 4. The van der Waals surface area contributed by atoms with Crippen LogP contribution in [0.4, 0.5) is 5.82 Å². The molecule has 1 aromatic carbocycles. The van der Waals surface area contributed by atoms with E-state index in [0.29, 0.717) is 11.8 Å². The van der Waals surface area contributed by atoms with E-state index < -0.39 is 0 Å². The van der Waals surface area contributed by atoms with Crippen molar-refractivity contribution in [1.29, 1.82) is 0 Å². The highest BCUT2D eigenvalue weighted by Crippen LogP contribution is 2.34. The minimum Gasteiger partial charge on any atom is -0.491 e. The van der Waals surface area contributed by atoms with Gasteiger partial charge in [0.25, 0.3) is 0 Å². The molecule has 1 unspecified atom stereocenters. The Bertz CT molecular complexity index is 660. The van der Waals surface area contributed by atoms with Crippen molar-refractivity contribution in [2.75, 3.05) is 11.9 Å². The molecule has 5 heteroatoms. The number of ether oxygens (including phenoxy) is 1. The van der Waals surface area contributed by atoms with E-state index in [4.69, 9.17) is 16.3 Å². The highest BCUT2D eigenvalue weighted by Gasteiger charge is 2.24. The second-order valence-electron chi connectivity index (χ2n) is 5.20. The molecule has 1 aromatic heterocycles. The maximum Gasteiger partial charge on any atom is 0.137 e. The van der Waals surface area contributed by atoms with Crippen molar-refractivity contribution in [2.45, 2.75) is 32.7 Å². The monoisotopic (exact) mass is 303 g/mol. The molecule has 0 saturated carbocycles. The van der Waals surface area contributed by atoms with Crippen LogP contribution >= 0.6 is 11.6 Å². The predicted octanol–water partition coefficient (Wildman–Crippen LogP) is 3.94. The first kappa shape index (κ1) is 14.1. The highest BCUT2D eigenvalue weighted by atomic mass is 35.5. The van der Waals surface area contributed by atoms with E-state index in [1.54, 1.807) is 0 Å². The molecule has 1 aliphatic heterocycles. The van der Waals surface area contributed by atoms with Crippen LogP contribution in [0.15, 0.2) is 24.3 Å². The fourth-order valence-electron chi connectivity index (χ4n) is 2.46. The first-order chi connectivity index (χ1) is 10.2. The molecule has 0 spiro atoms. The highest BCUT2D eigenvalue weighted by molar-refractivity contribution is 6.30. The lowest BCUT2D eigenvalue weighted by atomic mass is 10.1. The molecule has 0 amide bonds. The summed E-state index contributed by atoms with van der Waals surface area (Å²) in [5.74, 6) is 2.51. The van der Waals surface area contributed by atoms with Gasteiger partial charge in [-0.1, -0.05) is 36.7 Å². The van der Waals surface area contributed by atoms with E-state index in [2.05, 4.69) is 28.3 Å². The number of rotatable bonds is 4. The standard InChI is InChI=1S/C16H18ClN3O/c1-3-6-14-19-15(17)10(2)16(20-14)18-12-9-21-13-8-5-4-7-11(12)13/h4-5,7-8,12H,3,6,9H2,1-2H3,(H,18,19,20). The van der Waals surface area contributed by atoms with Crippen LogP contribution in [0.3, 0.4) is 0 Å². The quantitative estimate of drug-likeness (QED) is 0.869. The number of aryl methyl sites for hydroxylation is 1. The Kier molecular flexibility index (Phi) is 3.97. The van der Waals surface area contributed by atoms with Crippen molar-refractivity contribution in [3.05, 3.63) is 46.4 Å². The zero-order chi connectivity index (χ0) is 14.8. The molecule has 0 aliphatic carbocycles. The number of nitrogens with one attached hydrogen (secondary N) is 1. The molecule has 21 heavy (non-hydrogen) atoms. The molecular formula is C16H18ClN3O. The summed E-state index contributed by atoms with van der Waals surface area (Å²) in [6.07, 6.45) is 1.82. The first-order valence-electron chi connectivity index (χ1n) is 7.20. The Labute approximate surface area is 129 Å². The summed E-state index contributed by atoms with van der Waals surface area (Å²) in [7, 11) is 0. The van der Waals surface area contributed by atoms with Gasteiger partial charge in [-0.3, -0.25) is 0 Å². The maximum atomic E-state index is 6.22. The number of hydrogen-bond donors (Lipinski definition) is 1. The molecule has 0 saturated heterocycles. The number of aromatic nitrogens is 2. The number of fused-ring (bicyclic) bond motifs is 1. The lowest BCUT2D eigenvalue weighted by Crippen LogP contribution is -2.15. The molecule has 2 heterocycles. The summed E-state index contributed by atoms with van der Waals surface area (Å²) in [6, 6.07) is 8.16. The molecule has 1 atom stereocenters. The van der Waals surface area contributed by atoms with Gasteiger partial charge in [0.1, 0.15) is 29.2 Å². The van der Waals surface area contributed by atoms with E-state index in [1.165, 1.54) is 0 Å². The zero-order valence-corrected chi connectivity index (χ0v) is 12.9. The van der Waals surface area contributed by atoms with Crippen LogP contribution in [-0.2, 0) is 6.42 Å². The summed E-state index contributed by atoms with van der Waals surface area (Å²) in [5.41, 5.74) is 2.03. The van der Waals surface area contributed by atoms with Crippen LogP contribution in [0.1, 0.15) is 36.3 Å². The van der Waals surface area contributed by atoms with E-state index in [1.807, 2.05) is 25.1 Å². The van der Waals surface area contributed by atoms with Crippen LogP contribution in [-0.4, -0.2) is 16.6 Å². The van der Waals surface area contributed by atoms with Crippen LogP contribution in [0, 0.1) is 6.92 Å². The van der Waals surface area contributed by atoms with Gasteiger partial charge in [-0.25, -0.2) is 9.97 Å². The minimum absolute atomic E-state index is 0.0975. The summed E-state index contributed by atoms with van der Waals surface area (Å²) >= 11 is 6.22. The largest absolute Gasteiger partial charge is 0.491 e. The molecule has 3 rings (SSSR count). The van der Waals surface area contributed by atoms with Gasteiger partial charge in [0.2, 0.25) is 0 Å². The molecule has 1 aliphatic rings. The van der Waals surface area contributed by atoms with Gasteiger partial charge in [0.05, 0.1) is 6.04 Å². The zero-order valence-electron chi connectivity index (χ0n) is 12.2. The lowest BCUT2D eigenvalue weighted by molar-refractivity contribution is 0.339. The van der Waals surface area contributed by atoms with Crippen molar-refractivity contribution in [1.82, 2.24) is 9.97 Å². The van der Waals surface area contributed by atoms with E-state index in [0.717, 1.165) is 41.4 Å². The number of nitrogens with zero attached hydrogens (tertiary/aromatic N) is 2. The van der Waals surface area contributed by atoms with E-state index >= 15 is 0 Å². The number of benzene rings is 1. The minimum atomic E-state index is 0.0975. The molecule has 2 aromatic rings. The van der Waals surface area contributed by atoms with Crippen LogP contribution in [0.25, 0.3) is 0 Å². The molecule has 110 valence electrons. The van der Waals surface area contributed by atoms with Crippen LogP contribution in [0.5, 0.6) is 5.75 Å². The molecule has 4 nitrogen and oxygen atoms in total. The van der Waals surface area contributed by atoms with Gasteiger partial charge in [-0.2, -0.15) is 0 Å². The Morgan fingerprint density at radius 2 is 2.14 bits per heavy atom. The third-order valence-corrected chi connectivity index (χ3v) is 3.99. The number of anilines is 1. The van der Waals surface area contributed by atoms with Crippen LogP contribution in [0.2, 0.25) is 5.15 Å². The number of para-hydroxylation sites is 1. The third-order valence-electron chi connectivity index (χ3n) is 3.62. The second-order valence-corrected chi connectivity index (χ2v) is 5.56. The summed E-state index contributed by atoms with van der Waals surface area (Å²) in [5, 5.41) is 3.96. The molecule has 0 bridgehead atoms. The Balaban J connectivity index is 1.89. The topological polar surface area (TPSA) is 47.0 Å². The fraction of sp³-hybridized carbons (Fsp3) is 0.375. The SMILES string of the molecule is CCCc1nc(Cl)c(C)c(NC2COc3ccccc32)n1. The van der Waals surface area contributed by atoms with Crippen molar-refractivity contribution in [2.24, 2.45) is 0 Å². The van der Waals surface area contributed by atoms with Gasteiger partial charge in [-0.05, 0) is 19.4 Å². The van der Waals surface area contributed by atoms with Crippen molar-refractivity contribution in [3.63, 3.8) is 0 Å². The fourth-order valence-corrected chi connectivity index (χ4v) is 2.64. The molecular weight excluding hydrogens is 286 g/mol. The Hall–Kier alpha value is -1.81. The Morgan fingerprint density at radius 3 is 2.95 bits per heavy atom. The first-order valence-corrected chi connectivity index (χ1v) is 7.58. The maximum absolute atomic E-state index is 6.22. The van der Waals surface area contributed by atoms with E-state index in [9.17, 15) is 0 Å². The predicted molar refractivity (Wildman–Crippen MR) is 84.1 cm³/mol. The van der Waals surface area contributed by atoms with Gasteiger partial charge in [0.15, 0.2) is 0 Å². The van der Waals surface area contributed by atoms with E-state index in [-0.39, 0.29) is 6.04 Å². The smallest absolute Gasteiger partial charge is 0.137 e. The third kappa shape index (κ3) is 2.81. The average Bonchev–Trinajstić information content (AvgIpc) is 2.88. The summed E-state index contributed by atoms with van der Waals surface area (Å²) < 4.78 is 5.69. The van der Waals surface area contributed by atoms with Gasteiger partial charge < -0.3 is 10.1 Å². The average molecular weight is 304 g/mol. The van der Waals surface area contributed by atoms with Gasteiger partial charge in [-0.15, -0.1) is 0 Å². The molecule has 0 radical (unpaired) electrons. The van der Waals surface area contributed by atoms with Gasteiger partial charge in [0, 0.05) is 17.5 Å². The van der Waals surface area contributed by atoms with Crippen LogP contribution < -0.4 is 10.1 Å². The van der Waals surface area contributed by atoms with Crippen molar-refractivity contribution in [3.8, 4) is 5.75 Å². The molecule has 1 N–H and O–H groups in total. The number of halogens is 1.